The van der Waals surface area contributed by atoms with Gasteiger partial charge in [0, 0.05) is 0 Å². The molecule has 8 bridgehead atoms. The Labute approximate surface area is 464 Å². The molecule has 5 rings (SSSR count). The lowest BCUT2D eigenvalue weighted by Gasteiger charge is -2.31. The molecule has 40 heteroatoms. The second-order valence-corrected chi connectivity index (χ2v) is 21.3. The van der Waals surface area contributed by atoms with Gasteiger partial charge in [-0.1, -0.05) is 0 Å². The fourth-order valence-electron chi connectivity index (χ4n) is 5.97. The number of fused-ring (bicyclic) bond motifs is 4. The van der Waals surface area contributed by atoms with Crippen LogP contribution in [0.3, 0.4) is 0 Å². The molecule has 0 atom stereocenters. The van der Waals surface area contributed by atoms with E-state index in [1.165, 1.54) is 0 Å². The fraction of sp³-hybridized carbons (Fsp3) is 0.375. The van der Waals surface area contributed by atoms with Crippen molar-refractivity contribution in [3.63, 3.8) is 0 Å². The van der Waals surface area contributed by atoms with Crippen molar-refractivity contribution >= 4 is 177 Å². The molecule has 0 aromatic heterocycles. The number of rotatable bonds is 8. The summed E-state index contributed by atoms with van der Waals surface area (Å²) in [5, 5.41) is 0. The van der Waals surface area contributed by atoms with Crippen LogP contribution in [0, 0.1) is 0 Å². The van der Waals surface area contributed by atoms with Gasteiger partial charge in [0.1, 0.15) is 0 Å². The quantitative estimate of drug-likeness (QED) is 0.172. The molecule has 5 heterocycles. The van der Waals surface area contributed by atoms with Gasteiger partial charge in [-0.25, -0.2) is 20.0 Å². The Morgan fingerprint density at radius 3 is 0.625 bits per heavy atom. The van der Waals surface area contributed by atoms with Crippen LogP contribution in [0.25, 0.3) is 0 Å². The van der Waals surface area contributed by atoms with Gasteiger partial charge in [0.15, 0.2) is 0 Å². The van der Waals surface area contributed by atoms with E-state index in [0.29, 0.717) is 90.4 Å². The minimum Gasteiger partial charge on any atom is -0.246 e. The van der Waals surface area contributed by atoms with Gasteiger partial charge < -0.3 is 0 Å². The van der Waals surface area contributed by atoms with Crippen molar-refractivity contribution in [3.8, 4) is 0 Å². The van der Waals surface area contributed by atoms with E-state index in [9.17, 15) is 52.7 Å². The van der Waals surface area contributed by atoms with Crippen LogP contribution in [-0.2, 0) is 0 Å². The SMILES string of the molecule is FC(F)(F)C(F)(F)C(F)(F)C1=C2N=C(C(Br)=C2Br)C(C(F)(F)C(F)(F)C(F)(F)F)=C2N=C(C(I)=C2I)C(C(F)(F)C(F)(F)C(F)(F)F)=C2N=C(C(Br)=C2Br)C(C(F)(F)C(F)(F)C(F)(F)F)=C2N=C1C(I)=C2I. The average molecular weight is 1800 g/mol. The summed E-state index contributed by atoms with van der Waals surface area (Å²) in [4.78, 5) is 11.5. The third-order valence-electron chi connectivity index (χ3n) is 9.48. The molecule has 0 spiro atoms. The molecular weight excluding hydrogens is 1800 g/mol. The lowest BCUT2D eigenvalue weighted by Crippen LogP contribution is -2.54. The lowest BCUT2D eigenvalue weighted by atomic mass is 9.94. The highest BCUT2D eigenvalue weighted by atomic mass is 127. The van der Waals surface area contributed by atoms with E-state index in [1.807, 2.05) is 0 Å². The summed E-state index contributed by atoms with van der Waals surface area (Å²) < 4.78 is 405. The minimum absolute atomic E-state index is 0.455. The highest BCUT2D eigenvalue weighted by Gasteiger charge is 2.80. The third kappa shape index (κ3) is 8.89. The predicted octanol–water partition coefficient (Wildman–Crippen LogP) is 18.3. The molecule has 0 aromatic carbocycles. The third-order valence-corrected chi connectivity index (χ3v) is 19.9. The van der Waals surface area contributed by atoms with Crippen LogP contribution in [0.5, 0.6) is 0 Å². The Bertz CT molecular complexity index is 2500. The molecule has 5 aliphatic heterocycles. The van der Waals surface area contributed by atoms with E-state index in [0.717, 1.165) is 0 Å². The Morgan fingerprint density at radius 1 is 0.250 bits per heavy atom. The van der Waals surface area contributed by atoms with Gasteiger partial charge in [-0.05, 0) is 154 Å². The second kappa shape index (κ2) is 18.5. The van der Waals surface area contributed by atoms with E-state index in [2.05, 4.69) is 83.7 Å². The van der Waals surface area contributed by atoms with E-state index in [1.54, 1.807) is 0 Å². The van der Waals surface area contributed by atoms with Crippen molar-refractivity contribution in [3.05, 3.63) is 77.3 Å². The van der Waals surface area contributed by atoms with Gasteiger partial charge in [-0.3, -0.25) is 0 Å². The molecule has 0 saturated heterocycles. The summed E-state index contributed by atoms with van der Waals surface area (Å²) in [5.41, 5.74) is -33.3. The summed E-state index contributed by atoms with van der Waals surface area (Å²) in [6.45, 7) is 0. The first-order valence-corrected chi connectivity index (χ1v) is 24.1. The van der Waals surface area contributed by atoms with Crippen LogP contribution in [0.4, 0.5) is 123 Å². The standard InChI is InChI=1S/C32Br4F28I4N4/c33-5-6(34)14-2(22(39,40)26(47,48)30(56,57)58)19-11(67)12(68)20(72-19)4(24(43,44)28(51,52)32(62,63)64)16-8(36)7(35)15(70-16)3(23(41,42)27(49,50)31(59,60)61)18-10(66)9(65)17(71-18)1(13(5)69-14)21(37,38)25(45,46)29(53,54)55. The Balaban J connectivity index is 2.33. The number of hydrogen-bond donors (Lipinski definition) is 0. The normalized spacial score (nSPS) is 20.4. The maximum atomic E-state index is 16.4. The topological polar surface area (TPSA) is 49.4 Å². The number of allylic oxidation sites excluding steroid dienone is 12. The zero-order chi connectivity index (χ0) is 56.4. The first-order chi connectivity index (χ1) is 31.7. The minimum atomic E-state index is -7.63. The van der Waals surface area contributed by atoms with Crippen molar-refractivity contribution in [2.75, 3.05) is 0 Å². The monoisotopic (exact) mass is 1800 g/mol. The molecule has 0 aliphatic carbocycles. The van der Waals surface area contributed by atoms with Crippen LogP contribution < -0.4 is 0 Å². The van der Waals surface area contributed by atoms with E-state index >= 15 is 70.2 Å². The molecule has 0 N–H and O–H groups in total. The summed E-state index contributed by atoms with van der Waals surface area (Å²) in [6, 6.07) is 0. The maximum absolute atomic E-state index is 16.4. The number of alkyl halides is 28. The Morgan fingerprint density at radius 2 is 0.431 bits per heavy atom. The molecule has 5 aliphatic rings. The first kappa shape index (κ1) is 62.3. The number of hydrogen-bond acceptors (Lipinski definition) is 4. The first-order valence-electron chi connectivity index (χ1n) is 16.6. The van der Waals surface area contributed by atoms with Crippen LogP contribution in [0.15, 0.2) is 97.3 Å². The van der Waals surface area contributed by atoms with Crippen LogP contribution in [-0.4, -0.2) is 94.9 Å². The molecule has 0 radical (unpaired) electrons. The second-order valence-electron chi connectivity index (χ2n) is 13.8. The van der Waals surface area contributed by atoms with E-state index < -0.39 is 172 Å². The van der Waals surface area contributed by atoms with Gasteiger partial charge in [0.05, 0.1) is 100 Å². The molecule has 0 unspecified atom stereocenters. The smallest absolute Gasteiger partial charge is 0.246 e. The Kier molecular flexibility index (Phi) is 16.0. The van der Waals surface area contributed by atoms with Crippen LogP contribution in [0.2, 0.25) is 0 Å². The van der Waals surface area contributed by atoms with Crippen molar-refractivity contribution in [1.29, 1.82) is 0 Å². The summed E-state index contributed by atoms with van der Waals surface area (Å²) in [6.07, 6.45) is -30.2. The van der Waals surface area contributed by atoms with Gasteiger partial charge in [-0.15, -0.1) is 0 Å². The molecule has 0 fully saturated rings. The van der Waals surface area contributed by atoms with Crippen molar-refractivity contribution in [2.24, 2.45) is 20.0 Å². The van der Waals surface area contributed by atoms with E-state index in [-0.39, 0.29) is 0 Å². The van der Waals surface area contributed by atoms with Gasteiger partial charge in [-0.2, -0.15) is 123 Å². The molecule has 0 saturated carbocycles. The summed E-state index contributed by atoms with van der Waals surface area (Å²) >= 11 is 10.5. The van der Waals surface area contributed by atoms with Gasteiger partial charge >= 0.3 is 72.1 Å². The Hall–Kier alpha value is -0.520. The molecule has 400 valence electrons. The molecule has 72 heavy (non-hydrogen) atoms. The molecular formula is C32Br4F28I4N4. The maximum Gasteiger partial charge on any atom is 0.460 e. The highest BCUT2D eigenvalue weighted by Crippen LogP contribution is 2.62. The van der Waals surface area contributed by atoms with Crippen molar-refractivity contribution < 1.29 is 123 Å². The lowest BCUT2D eigenvalue weighted by molar-refractivity contribution is -0.343. The van der Waals surface area contributed by atoms with E-state index in [4.69, 9.17) is 0 Å². The summed E-state index contributed by atoms with van der Waals surface area (Å²) in [5.74, 6) is -59.4. The number of nitrogens with zero attached hydrogens (tertiary/aromatic N) is 4. The van der Waals surface area contributed by atoms with Gasteiger partial charge in [0.25, 0.3) is 0 Å². The summed E-state index contributed by atoms with van der Waals surface area (Å²) in [7, 11) is 0. The number of halogens is 36. The zero-order valence-corrected chi connectivity index (χ0v) is 46.4. The van der Waals surface area contributed by atoms with Crippen molar-refractivity contribution in [2.45, 2.75) is 72.1 Å². The van der Waals surface area contributed by atoms with Gasteiger partial charge in [0.2, 0.25) is 0 Å². The fourth-order valence-corrected chi connectivity index (χ4v) is 10.5. The highest BCUT2D eigenvalue weighted by molar-refractivity contribution is 14.1. The molecule has 0 aromatic rings. The largest absolute Gasteiger partial charge is 0.460 e. The molecule has 4 nitrogen and oxygen atoms in total. The van der Waals surface area contributed by atoms with Crippen LogP contribution in [0.1, 0.15) is 0 Å². The number of aliphatic imine (C=N–C) groups is 4. The van der Waals surface area contributed by atoms with Crippen molar-refractivity contribution in [1.82, 2.24) is 0 Å². The predicted molar refractivity (Wildman–Crippen MR) is 242 cm³/mol. The molecule has 0 amide bonds. The zero-order valence-electron chi connectivity index (χ0n) is 31.4. The van der Waals surface area contributed by atoms with Crippen LogP contribution >= 0.6 is 154 Å². The average Bonchev–Trinajstić information content (AvgIpc) is 3.84.